The number of hydrogen-bond acceptors (Lipinski definition) is 2. The van der Waals surface area contributed by atoms with Gasteiger partial charge >= 0.3 is 0 Å². The van der Waals surface area contributed by atoms with Gasteiger partial charge in [-0.05, 0) is 59.9 Å². The number of amides is 1. The van der Waals surface area contributed by atoms with E-state index in [-0.39, 0.29) is 5.91 Å². The van der Waals surface area contributed by atoms with Gasteiger partial charge in [-0.2, -0.15) is 0 Å². The summed E-state index contributed by atoms with van der Waals surface area (Å²) in [7, 11) is 0. The maximum absolute atomic E-state index is 12.6. The molecule has 0 radical (unpaired) electrons. The van der Waals surface area contributed by atoms with Crippen LogP contribution in [-0.4, -0.2) is 47.9 Å². The van der Waals surface area contributed by atoms with Gasteiger partial charge in [0.1, 0.15) is 0 Å². The zero-order valence-electron chi connectivity index (χ0n) is 11.3. The summed E-state index contributed by atoms with van der Waals surface area (Å²) in [5, 5.41) is 0.591. The monoisotopic (exact) mass is 356 g/mol. The molecule has 2 heterocycles. The molecule has 0 bridgehead atoms. The van der Waals surface area contributed by atoms with Gasteiger partial charge in [0, 0.05) is 35.7 Å². The molecule has 1 aromatic carbocycles. The average molecular weight is 358 g/mol. The lowest BCUT2D eigenvalue weighted by Crippen LogP contribution is -2.39. The van der Waals surface area contributed by atoms with Gasteiger partial charge in [-0.15, -0.1) is 0 Å². The van der Waals surface area contributed by atoms with Gasteiger partial charge in [0.25, 0.3) is 5.91 Å². The van der Waals surface area contributed by atoms with Crippen molar-refractivity contribution in [1.29, 1.82) is 0 Å². The number of nitrogens with zero attached hydrogens (tertiary/aromatic N) is 2. The van der Waals surface area contributed by atoms with Crippen LogP contribution in [0.1, 0.15) is 29.6 Å². The topological polar surface area (TPSA) is 23.6 Å². The third kappa shape index (κ3) is 2.87. The molecule has 2 fully saturated rings. The Hall–Kier alpha value is -0.580. The minimum Gasteiger partial charge on any atom is -0.337 e. The van der Waals surface area contributed by atoms with E-state index < -0.39 is 0 Å². The van der Waals surface area contributed by atoms with E-state index in [0.717, 1.165) is 30.5 Å². The number of carbonyl (C=O) groups is 1. The summed E-state index contributed by atoms with van der Waals surface area (Å²) in [5.74, 6) is 0.105. The van der Waals surface area contributed by atoms with E-state index in [1.165, 1.54) is 19.4 Å². The predicted octanol–water partition coefficient (Wildman–Crippen LogP) is 3.41. The second kappa shape index (κ2) is 6.04. The number of benzene rings is 1. The van der Waals surface area contributed by atoms with E-state index in [9.17, 15) is 4.79 Å². The molecule has 3 rings (SSSR count). The molecule has 0 aliphatic carbocycles. The second-order valence-electron chi connectivity index (χ2n) is 5.57. The van der Waals surface area contributed by atoms with Crippen molar-refractivity contribution in [2.75, 3.05) is 26.2 Å². The summed E-state index contributed by atoms with van der Waals surface area (Å²) in [5.41, 5.74) is 0.685. The van der Waals surface area contributed by atoms with Gasteiger partial charge in [0.2, 0.25) is 0 Å². The van der Waals surface area contributed by atoms with E-state index in [2.05, 4.69) is 20.8 Å². The molecule has 1 unspecified atom stereocenters. The van der Waals surface area contributed by atoms with E-state index in [1.807, 2.05) is 17.0 Å². The van der Waals surface area contributed by atoms with Crippen molar-refractivity contribution < 1.29 is 4.79 Å². The Balaban J connectivity index is 1.77. The maximum Gasteiger partial charge on any atom is 0.253 e. The molecule has 108 valence electrons. The number of fused-ring (bicyclic) bond motifs is 1. The van der Waals surface area contributed by atoms with Gasteiger partial charge in [0.15, 0.2) is 0 Å². The third-order valence-electron chi connectivity index (χ3n) is 4.26. The highest BCUT2D eigenvalue weighted by atomic mass is 79.9. The van der Waals surface area contributed by atoms with E-state index >= 15 is 0 Å². The first-order valence-corrected chi connectivity index (χ1v) is 8.30. The van der Waals surface area contributed by atoms with Gasteiger partial charge in [-0.3, -0.25) is 9.69 Å². The Morgan fingerprint density at radius 1 is 1.25 bits per heavy atom. The van der Waals surface area contributed by atoms with Gasteiger partial charge in [-0.1, -0.05) is 11.6 Å². The maximum atomic E-state index is 12.6. The van der Waals surface area contributed by atoms with Crippen LogP contribution < -0.4 is 0 Å². The van der Waals surface area contributed by atoms with Crippen LogP contribution in [0.2, 0.25) is 5.02 Å². The number of halogens is 2. The molecule has 0 N–H and O–H groups in total. The van der Waals surface area contributed by atoms with Crippen molar-refractivity contribution in [1.82, 2.24) is 9.80 Å². The molecular formula is C15H18BrClN2O. The molecular weight excluding hydrogens is 340 g/mol. The fraction of sp³-hybridized carbons (Fsp3) is 0.533. The van der Waals surface area contributed by atoms with Gasteiger partial charge in [0.05, 0.1) is 5.02 Å². The summed E-state index contributed by atoms with van der Waals surface area (Å²) in [6.45, 7) is 4.01. The van der Waals surface area contributed by atoms with Crippen molar-refractivity contribution in [2.45, 2.75) is 25.3 Å². The van der Waals surface area contributed by atoms with Crippen LogP contribution in [0.5, 0.6) is 0 Å². The molecule has 2 aliphatic rings. The van der Waals surface area contributed by atoms with E-state index in [0.29, 0.717) is 16.6 Å². The number of hydrogen-bond donors (Lipinski definition) is 0. The minimum atomic E-state index is 0.105. The van der Waals surface area contributed by atoms with Crippen LogP contribution in [0, 0.1) is 0 Å². The second-order valence-corrected chi connectivity index (χ2v) is 6.83. The zero-order valence-corrected chi connectivity index (χ0v) is 13.7. The van der Waals surface area contributed by atoms with Crippen molar-refractivity contribution in [3.8, 4) is 0 Å². The summed E-state index contributed by atoms with van der Waals surface area (Å²) in [6.07, 6.45) is 3.54. The Labute approximate surface area is 133 Å². The molecule has 0 spiro atoms. The molecule has 3 nitrogen and oxygen atoms in total. The van der Waals surface area contributed by atoms with Crippen LogP contribution in [0.4, 0.5) is 0 Å². The molecule has 2 aliphatic heterocycles. The molecule has 5 heteroatoms. The number of carbonyl (C=O) groups excluding carboxylic acids is 1. The smallest absolute Gasteiger partial charge is 0.253 e. The molecule has 1 atom stereocenters. The van der Waals surface area contributed by atoms with Crippen molar-refractivity contribution in [2.24, 2.45) is 0 Å². The van der Waals surface area contributed by atoms with Crippen LogP contribution in [-0.2, 0) is 0 Å². The lowest BCUT2D eigenvalue weighted by atomic mass is 10.1. The molecule has 2 saturated heterocycles. The Bertz CT molecular complexity index is 523. The van der Waals surface area contributed by atoms with Crippen LogP contribution >= 0.6 is 27.5 Å². The highest BCUT2D eigenvalue weighted by Gasteiger charge is 2.30. The molecule has 1 aromatic rings. The normalized spacial score (nSPS) is 23.5. The molecule has 1 amide bonds. The zero-order chi connectivity index (χ0) is 14.1. The van der Waals surface area contributed by atoms with Crippen molar-refractivity contribution >= 4 is 33.4 Å². The molecule has 0 aromatic heterocycles. The Morgan fingerprint density at radius 3 is 2.85 bits per heavy atom. The minimum absolute atomic E-state index is 0.105. The standard InChI is InChI=1S/C15H18BrClN2O/c16-13-5-4-11(9-14(13)17)15(20)19-8-2-7-18-6-1-3-12(18)10-19/h4-5,9,12H,1-3,6-8,10H2. The fourth-order valence-electron chi connectivity index (χ4n) is 3.20. The lowest BCUT2D eigenvalue weighted by Gasteiger charge is -2.25. The average Bonchev–Trinajstić information content (AvgIpc) is 2.78. The van der Waals surface area contributed by atoms with Gasteiger partial charge in [-0.25, -0.2) is 0 Å². The molecule has 20 heavy (non-hydrogen) atoms. The summed E-state index contributed by atoms with van der Waals surface area (Å²) < 4.78 is 0.827. The lowest BCUT2D eigenvalue weighted by molar-refractivity contribution is 0.0743. The first kappa shape index (κ1) is 14.4. The van der Waals surface area contributed by atoms with Crippen molar-refractivity contribution in [3.63, 3.8) is 0 Å². The SMILES string of the molecule is O=C(c1ccc(Br)c(Cl)c1)N1CCCN2CCCC2C1. The van der Waals surface area contributed by atoms with Crippen LogP contribution in [0.3, 0.4) is 0 Å². The predicted molar refractivity (Wildman–Crippen MR) is 84.3 cm³/mol. The van der Waals surface area contributed by atoms with Gasteiger partial charge < -0.3 is 4.90 Å². The molecule has 0 saturated carbocycles. The van der Waals surface area contributed by atoms with E-state index in [1.54, 1.807) is 6.07 Å². The highest BCUT2D eigenvalue weighted by molar-refractivity contribution is 9.10. The summed E-state index contributed by atoms with van der Waals surface area (Å²) >= 11 is 9.45. The largest absolute Gasteiger partial charge is 0.337 e. The quantitative estimate of drug-likeness (QED) is 0.769. The number of rotatable bonds is 1. The van der Waals surface area contributed by atoms with E-state index in [4.69, 9.17) is 11.6 Å². The van der Waals surface area contributed by atoms with Crippen LogP contribution in [0.15, 0.2) is 22.7 Å². The summed E-state index contributed by atoms with van der Waals surface area (Å²) in [4.78, 5) is 17.2. The van der Waals surface area contributed by atoms with Crippen LogP contribution in [0.25, 0.3) is 0 Å². The highest BCUT2D eigenvalue weighted by Crippen LogP contribution is 2.26. The first-order chi connectivity index (χ1) is 9.65. The fourth-order valence-corrected chi connectivity index (χ4v) is 3.63. The summed E-state index contributed by atoms with van der Waals surface area (Å²) in [6, 6.07) is 5.99. The Kier molecular flexibility index (Phi) is 4.34. The Morgan fingerprint density at radius 2 is 2.05 bits per heavy atom. The van der Waals surface area contributed by atoms with Crippen molar-refractivity contribution in [3.05, 3.63) is 33.3 Å². The first-order valence-electron chi connectivity index (χ1n) is 7.13. The third-order valence-corrected chi connectivity index (χ3v) is 5.49.